The molecule has 0 amide bonds. The average Bonchev–Trinajstić information content (AvgIpc) is 2.48. The summed E-state index contributed by atoms with van der Waals surface area (Å²) in [7, 11) is 0. The lowest BCUT2D eigenvalue weighted by atomic mass is 10.0. The Bertz CT molecular complexity index is 520. The zero-order valence-corrected chi connectivity index (χ0v) is 15.3. The molecule has 1 atom stereocenters. The number of rotatable bonds is 8. The fourth-order valence-electron chi connectivity index (χ4n) is 2.10. The third-order valence-electron chi connectivity index (χ3n) is 3.13. The van der Waals surface area contributed by atoms with Gasteiger partial charge in [0.1, 0.15) is 18.2 Å². The van der Waals surface area contributed by atoms with Crippen molar-refractivity contribution in [3.63, 3.8) is 0 Å². The molecule has 0 spiro atoms. The van der Waals surface area contributed by atoms with E-state index < -0.39 is 17.6 Å². The van der Waals surface area contributed by atoms with E-state index in [4.69, 9.17) is 9.47 Å². The summed E-state index contributed by atoms with van der Waals surface area (Å²) in [5.41, 5.74) is 0.374. The highest BCUT2D eigenvalue weighted by Crippen LogP contribution is 2.12. The number of ether oxygens (including phenoxy) is 2. The van der Waals surface area contributed by atoms with Gasteiger partial charge in [-0.2, -0.15) is 0 Å². The molecule has 1 aromatic carbocycles. The molecule has 0 radical (unpaired) electrons. The van der Waals surface area contributed by atoms with Gasteiger partial charge in [0, 0.05) is 0 Å². The van der Waals surface area contributed by atoms with Crippen LogP contribution in [0.15, 0.2) is 30.3 Å². The van der Waals surface area contributed by atoms with Crippen LogP contribution in [0.3, 0.4) is 0 Å². The molecule has 0 aliphatic heterocycles. The zero-order chi connectivity index (χ0) is 18.2. The van der Waals surface area contributed by atoms with Gasteiger partial charge in [-0.1, -0.05) is 44.2 Å². The number of benzene rings is 1. The highest BCUT2D eigenvalue weighted by Gasteiger charge is 2.26. The molecule has 0 aliphatic carbocycles. The summed E-state index contributed by atoms with van der Waals surface area (Å²) in [6.07, 6.45) is 0.598. The average molecular weight is 335 g/mol. The first-order valence-electron chi connectivity index (χ1n) is 8.33. The predicted molar refractivity (Wildman–Crippen MR) is 93.3 cm³/mol. The summed E-state index contributed by atoms with van der Waals surface area (Å²) >= 11 is 0. The second kappa shape index (κ2) is 9.42. The molecule has 0 fully saturated rings. The van der Waals surface area contributed by atoms with Gasteiger partial charge in [0.2, 0.25) is 0 Å². The van der Waals surface area contributed by atoms with Gasteiger partial charge in [-0.15, -0.1) is 0 Å². The highest BCUT2D eigenvalue weighted by molar-refractivity contribution is 5.78. The van der Waals surface area contributed by atoms with Crippen molar-refractivity contribution in [2.24, 2.45) is 5.92 Å². The van der Waals surface area contributed by atoms with Gasteiger partial charge < -0.3 is 9.47 Å². The van der Waals surface area contributed by atoms with Crippen molar-refractivity contribution < 1.29 is 19.1 Å². The van der Waals surface area contributed by atoms with E-state index in [-0.39, 0.29) is 19.1 Å². The van der Waals surface area contributed by atoms with E-state index in [1.54, 1.807) is 0 Å². The Labute approximate surface area is 144 Å². The fraction of sp³-hybridized carbons (Fsp3) is 0.579. The smallest absolute Gasteiger partial charge is 0.323 e. The molecule has 134 valence electrons. The summed E-state index contributed by atoms with van der Waals surface area (Å²) in [6, 6.07) is 8.95. The maximum Gasteiger partial charge on any atom is 0.323 e. The predicted octanol–water partition coefficient (Wildman–Crippen LogP) is 3.08. The second-order valence-electron chi connectivity index (χ2n) is 7.24. The monoisotopic (exact) mass is 335 g/mol. The maximum absolute atomic E-state index is 12.2. The summed E-state index contributed by atoms with van der Waals surface area (Å²) in [5, 5.41) is 2.96. The van der Waals surface area contributed by atoms with Crippen LogP contribution in [0, 0.1) is 5.92 Å². The van der Waals surface area contributed by atoms with Crippen molar-refractivity contribution in [1.29, 1.82) is 0 Å². The van der Waals surface area contributed by atoms with Gasteiger partial charge in [0.15, 0.2) is 0 Å². The molecule has 1 aromatic rings. The standard InChI is InChI=1S/C19H29NO4/c1-14(2)11-16(18(22)24-19(3,4)5)20-12-17(21)23-13-15-9-7-6-8-10-15/h6-10,14,16,20H,11-13H2,1-5H3/t16-/m0/s1. The molecule has 24 heavy (non-hydrogen) atoms. The van der Waals surface area contributed by atoms with E-state index >= 15 is 0 Å². The van der Waals surface area contributed by atoms with Crippen LogP contribution in [-0.2, 0) is 25.7 Å². The van der Waals surface area contributed by atoms with Gasteiger partial charge in [-0.25, -0.2) is 0 Å². The zero-order valence-electron chi connectivity index (χ0n) is 15.3. The molecule has 5 heteroatoms. The highest BCUT2D eigenvalue weighted by atomic mass is 16.6. The van der Waals surface area contributed by atoms with E-state index in [1.807, 2.05) is 65.0 Å². The van der Waals surface area contributed by atoms with Crippen LogP contribution in [-0.4, -0.2) is 30.1 Å². The number of carbonyl (C=O) groups excluding carboxylic acids is 2. The fourth-order valence-corrected chi connectivity index (χ4v) is 2.10. The molecule has 0 heterocycles. The van der Waals surface area contributed by atoms with Crippen LogP contribution in [0.2, 0.25) is 0 Å². The molecule has 5 nitrogen and oxygen atoms in total. The first-order chi connectivity index (χ1) is 11.2. The van der Waals surface area contributed by atoms with Gasteiger partial charge in [0.05, 0.1) is 6.54 Å². The number of carbonyl (C=O) groups is 2. The number of nitrogens with one attached hydrogen (secondary N) is 1. The Kier molecular flexibility index (Phi) is 7.92. The van der Waals surface area contributed by atoms with E-state index in [0.29, 0.717) is 12.3 Å². The van der Waals surface area contributed by atoms with Crippen LogP contribution in [0.5, 0.6) is 0 Å². The minimum Gasteiger partial charge on any atom is -0.460 e. The third-order valence-corrected chi connectivity index (χ3v) is 3.13. The Balaban J connectivity index is 2.48. The molecule has 0 saturated heterocycles. The lowest BCUT2D eigenvalue weighted by Gasteiger charge is -2.25. The maximum atomic E-state index is 12.2. The molecule has 0 unspecified atom stereocenters. The van der Waals surface area contributed by atoms with Crippen molar-refractivity contribution in [3.8, 4) is 0 Å². The van der Waals surface area contributed by atoms with E-state index in [0.717, 1.165) is 5.56 Å². The van der Waals surface area contributed by atoms with Crippen molar-refractivity contribution in [2.75, 3.05) is 6.54 Å². The Morgan fingerprint density at radius 1 is 1.12 bits per heavy atom. The van der Waals surface area contributed by atoms with Gasteiger partial charge >= 0.3 is 11.9 Å². The van der Waals surface area contributed by atoms with E-state index in [2.05, 4.69) is 5.32 Å². The van der Waals surface area contributed by atoms with Crippen molar-refractivity contribution in [1.82, 2.24) is 5.32 Å². The van der Waals surface area contributed by atoms with Gasteiger partial charge in [-0.3, -0.25) is 14.9 Å². The minimum absolute atomic E-state index is 0.0243. The summed E-state index contributed by atoms with van der Waals surface area (Å²) in [6.45, 7) is 9.72. The molecule has 1 rings (SSSR count). The molecular formula is C19H29NO4. The van der Waals surface area contributed by atoms with Crippen LogP contribution in [0.1, 0.15) is 46.6 Å². The largest absolute Gasteiger partial charge is 0.460 e. The minimum atomic E-state index is -0.554. The normalized spacial score (nSPS) is 12.8. The summed E-state index contributed by atoms with van der Waals surface area (Å²) in [4.78, 5) is 24.1. The number of esters is 2. The topological polar surface area (TPSA) is 64.6 Å². The van der Waals surface area contributed by atoms with Crippen LogP contribution in [0.4, 0.5) is 0 Å². The quantitative estimate of drug-likeness (QED) is 0.740. The molecule has 0 aliphatic rings. The Hall–Kier alpha value is -1.88. The first-order valence-corrected chi connectivity index (χ1v) is 8.33. The van der Waals surface area contributed by atoms with Crippen LogP contribution >= 0.6 is 0 Å². The molecule has 1 N–H and O–H groups in total. The second-order valence-corrected chi connectivity index (χ2v) is 7.24. The first kappa shape index (κ1) is 20.2. The Morgan fingerprint density at radius 2 is 1.75 bits per heavy atom. The molecule has 0 aromatic heterocycles. The lowest BCUT2D eigenvalue weighted by Crippen LogP contribution is -2.44. The molecule has 0 bridgehead atoms. The van der Waals surface area contributed by atoms with Crippen molar-refractivity contribution in [2.45, 2.75) is 59.3 Å². The van der Waals surface area contributed by atoms with Crippen molar-refractivity contribution in [3.05, 3.63) is 35.9 Å². The Morgan fingerprint density at radius 3 is 2.29 bits per heavy atom. The molecule has 0 saturated carbocycles. The van der Waals surface area contributed by atoms with Crippen LogP contribution in [0.25, 0.3) is 0 Å². The van der Waals surface area contributed by atoms with E-state index in [9.17, 15) is 9.59 Å². The van der Waals surface area contributed by atoms with E-state index in [1.165, 1.54) is 0 Å². The van der Waals surface area contributed by atoms with Gasteiger partial charge in [-0.05, 0) is 38.7 Å². The number of hydrogen-bond acceptors (Lipinski definition) is 5. The van der Waals surface area contributed by atoms with Crippen LogP contribution < -0.4 is 5.32 Å². The molecular weight excluding hydrogens is 306 g/mol. The third kappa shape index (κ3) is 8.67. The van der Waals surface area contributed by atoms with Crippen molar-refractivity contribution >= 4 is 11.9 Å². The SMILES string of the molecule is CC(C)C[C@H](NCC(=O)OCc1ccccc1)C(=O)OC(C)(C)C. The number of hydrogen-bond donors (Lipinski definition) is 1. The van der Waals surface area contributed by atoms with Gasteiger partial charge in [0.25, 0.3) is 0 Å². The summed E-state index contributed by atoms with van der Waals surface area (Å²) in [5.74, 6) is -0.432. The summed E-state index contributed by atoms with van der Waals surface area (Å²) < 4.78 is 10.6. The lowest BCUT2D eigenvalue weighted by molar-refractivity contribution is -0.158.